The van der Waals surface area contributed by atoms with Crippen LogP contribution in [0, 0.1) is 12.7 Å². The van der Waals surface area contributed by atoms with Crippen LogP contribution in [0.15, 0.2) is 47.5 Å². The minimum absolute atomic E-state index is 0.0416. The Bertz CT molecular complexity index is 928. The van der Waals surface area contributed by atoms with E-state index < -0.39 is 10.0 Å². The molecule has 2 rings (SSSR count). The van der Waals surface area contributed by atoms with Gasteiger partial charge in [0.25, 0.3) is 0 Å². The zero-order valence-electron chi connectivity index (χ0n) is 17.1. The van der Waals surface area contributed by atoms with Gasteiger partial charge in [0.05, 0.1) is 12.3 Å². The number of sulfonamides is 1. The van der Waals surface area contributed by atoms with Gasteiger partial charge in [-0.2, -0.15) is 0 Å². The second-order valence-corrected chi connectivity index (χ2v) is 8.65. The molecule has 0 saturated carbocycles. The fraction of sp³-hybridized carbons (Fsp3) is 0.381. The molecule has 0 spiro atoms. The number of guanidine groups is 1. The summed E-state index contributed by atoms with van der Waals surface area (Å²) in [6.45, 7) is 5.80. The normalized spacial score (nSPS) is 12.1. The van der Waals surface area contributed by atoms with Crippen LogP contribution in [0.1, 0.15) is 29.2 Å². The Kier molecular flexibility index (Phi) is 8.60. The first-order valence-corrected chi connectivity index (χ1v) is 11.2. The predicted molar refractivity (Wildman–Crippen MR) is 116 cm³/mol. The van der Waals surface area contributed by atoms with Gasteiger partial charge >= 0.3 is 0 Å². The van der Waals surface area contributed by atoms with Crippen molar-refractivity contribution >= 4 is 16.0 Å². The highest BCUT2D eigenvalue weighted by molar-refractivity contribution is 7.88. The van der Waals surface area contributed by atoms with Crippen molar-refractivity contribution in [1.29, 1.82) is 0 Å². The van der Waals surface area contributed by atoms with E-state index in [4.69, 9.17) is 0 Å². The van der Waals surface area contributed by atoms with E-state index in [9.17, 15) is 12.8 Å². The van der Waals surface area contributed by atoms with Gasteiger partial charge < -0.3 is 10.6 Å². The van der Waals surface area contributed by atoms with Gasteiger partial charge in [0.2, 0.25) is 10.0 Å². The maximum Gasteiger partial charge on any atom is 0.215 e. The molecule has 0 aliphatic carbocycles. The first-order valence-electron chi connectivity index (χ1n) is 9.59. The largest absolute Gasteiger partial charge is 0.357 e. The molecular formula is C21H29FN4O2S. The van der Waals surface area contributed by atoms with Crippen LogP contribution >= 0.6 is 0 Å². The van der Waals surface area contributed by atoms with Gasteiger partial charge in [0, 0.05) is 13.1 Å². The molecule has 0 radical (unpaired) electrons. The van der Waals surface area contributed by atoms with E-state index in [2.05, 4.69) is 20.3 Å². The number of aryl methyl sites for hydroxylation is 1. The molecule has 0 atom stereocenters. The molecule has 0 heterocycles. The van der Waals surface area contributed by atoms with Crippen molar-refractivity contribution in [1.82, 2.24) is 15.4 Å². The third kappa shape index (κ3) is 7.83. The lowest BCUT2D eigenvalue weighted by atomic mass is 10.1. The van der Waals surface area contributed by atoms with Crippen LogP contribution in [0.25, 0.3) is 0 Å². The van der Waals surface area contributed by atoms with Gasteiger partial charge in [-0.25, -0.2) is 22.5 Å². The number of nitrogens with zero attached hydrogens (tertiary/aromatic N) is 1. The van der Waals surface area contributed by atoms with E-state index in [0.29, 0.717) is 19.0 Å². The molecule has 8 heteroatoms. The molecule has 0 unspecified atom stereocenters. The fourth-order valence-electron chi connectivity index (χ4n) is 2.80. The van der Waals surface area contributed by atoms with Crippen molar-refractivity contribution in [3.8, 4) is 0 Å². The standard InChI is InChI=1S/C21H29FN4O2S/c1-4-24-21(25-12-11-19-9-10-20(22)13-16(19)2)26-14-17-5-7-18(8-6-17)15-29(27,28)23-3/h5-10,13,23H,4,11-12,14-15H2,1-3H3,(H2,24,25,26). The Hall–Kier alpha value is -2.45. The van der Waals surface area contributed by atoms with Gasteiger partial charge in [-0.05, 0) is 61.7 Å². The summed E-state index contributed by atoms with van der Waals surface area (Å²) < 4.78 is 38.7. The van der Waals surface area contributed by atoms with Crippen LogP contribution in [-0.2, 0) is 28.7 Å². The summed E-state index contributed by atoms with van der Waals surface area (Å²) in [5, 5.41) is 6.49. The van der Waals surface area contributed by atoms with E-state index in [-0.39, 0.29) is 11.6 Å². The zero-order valence-corrected chi connectivity index (χ0v) is 17.9. The van der Waals surface area contributed by atoms with E-state index in [1.807, 2.05) is 32.0 Å². The van der Waals surface area contributed by atoms with Crippen molar-refractivity contribution in [2.24, 2.45) is 4.99 Å². The number of aliphatic imine (C=N–C) groups is 1. The Balaban J connectivity index is 1.92. The molecule has 0 aliphatic heterocycles. The molecule has 0 aliphatic rings. The number of hydrogen-bond acceptors (Lipinski definition) is 3. The quantitative estimate of drug-likeness (QED) is 0.430. The summed E-state index contributed by atoms with van der Waals surface area (Å²) in [7, 11) is -1.87. The molecule has 2 aromatic rings. The summed E-state index contributed by atoms with van der Waals surface area (Å²) in [6.07, 6.45) is 0.769. The molecule has 0 amide bonds. The average molecular weight is 421 g/mol. The molecular weight excluding hydrogens is 391 g/mol. The molecule has 0 bridgehead atoms. The van der Waals surface area contributed by atoms with Crippen LogP contribution in [0.5, 0.6) is 0 Å². The number of nitrogens with one attached hydrogen (secondary N) is 3. The summed E-state index contributed by atoms with van der Waals surface area (Å²) in [5.41, 5.74) is 3.75. The van der Waals surface area contributed by atoms with Crippen molar-refractivity contribution < 1.29 is 12.8 Å². The van der Waals surface area contributed by atoms with Crippen molar-refractivity contribution in [3.05, 3.63) is 70.5 Å². The van der Waals surface area contributed by atoms with Crippen LogP contribution in [0.3, 0.4) is 0 Å². The highest BCUT2D eigenvalue weighted by Gasteiger charge is 2.08. The topological polar surface area (TPSA) is 82.6 Å². The Morgan fingerprint density at radius 3 is 2.38 bits per heavy atom. The highest BCUT2D eigenvalue weighted by atomic mass is 32.2. The predicted octanol–water partition coefficient (Wildman–Crippen LogP) is 2.48. The number of hydrogen-bond donors (Lipinski definition) is 3. The van der Waals surface area contributed by atoms with E-state index in [1.165, 1.54) is 13.1 Å². The first kappa shape index (κ1) is 22.8. The van der Waals surface area contributed by atoms with E-state index in [0.717, 1.165) is 35.2 Å². The van der Waals surface area contributed by atoms with E-state index >= 15 is 0 Å². The summed E-state index contributed by atoms with van der Waals surface area (Å²) in [5.74, 6) is 0.442. The SMILES string of the molecule is CCNC(=NCc1ccc(CS(=O)(=O)NC)cc1)NCCc1ccc(F)cc1C. The lowest BCUT2D eigenvalue weighted by Crippen LogP contribution is -2.38. The van der Waals surface area contributed by atoms with E-state index in [1.54, 1.807) is 18.2 Å². The van der Waals surface area contributed by atoms with Crippen LogP contribution in [-0.4, -0.2) is 34.5 Å². The Morgan fingerprint density at radius 2 is 1.76 bits per heavy atom. The van der Waals surface area contributed by atoms with Gasteiger partial charge in [-0.15, -0.1) is 0 Å². The number of halogens is 1. The summed E-state index contributed by atoms with van der Waals surface area (Å²) in [4.78, 5) is 4.58. The zero-order chi connectivity index (χ0) is 21.3. The fourth-order valence-corrected chi connectivity index (χ4v) is 3.58. The van der Waals surface area contributed by atoms with Gasteiger partial charge in [0.1, 0.15) is 5.82 Å². The molecule has 2 aromatic carbocycles. The van der Waals surface area contributed by atoms with Crippen molar-refractivity contribution in [3.63, 3.8) is 0 Å². The maximum absolute atomic E-state index is 13.2. The van der Waals surface area contributed by atoms with Crippen LogP contribution < -0.4 is 15.4 Å². The third-order valence-corrected chi connectivity index (χ3v) is 5.78. The van der Waals surface area contributed by atoms with Gasteiger partial charge in [0.15, 0.2) is 5.96 Å². The summed E-state index contributed by atoms with van der Waals surface area (Å²) in [6, 6.07) is 12.2. The number of benzene rings is 2. The lowest BCUT2D eigenvalue weighted by Gasteiger charge is -2.12. The second-order valence-electron chi connectivity index (χ2n) is 6.72. The Labute approximate surface area is 172 Å². The number of rotatable bonds is 9. The molecule has 0 aromatic heterocycles. The minimum Gasteiger partial charge on any atom is -0.357 e. The monoisotopic (exact) mass is 420 g/mol. The molecule has 0 saturated heterocycles. The van der Waals surface area contributed by atoms with Gasteiger partial charge in [-0.3, -0.25) is 0 Å². The second kappa shape index (κ2) is 10.9. The molecule has 158 valence electrons. The molecule has 29 heavy (non-hydrogen) atoms. The Morgan fingerprint density at radius 1 is 1.07 bits per heavy atom. The van der Waals surface area contributed by atoms with Gasteiger partial charge in [-0.1, -0.05) is 30.3 Å². The van der Waals surface area contributed by atoms with Crippen LogP contribution in [0.4, 0.5) is 4.39 Å². The molecule has 0 fully saturated rings. The average Bonchev–Trinajstić information content (AvgIpc) is 2.68. The van der Waals surface area contributed by atoms with Crippen molar-refractivity contribution in [2.75, 3.05) is 20.1 Å². The smallest absolute Gasteiger partial charge is 0.215 e. The third-order valence-electron chi connectivity index (χ3n) is 4.45. The molecule has 6 nitrogen and oxygen atoms in total. The maximum atomic E-state index is 13.2. The molecule has 3 N–H and O–H groups in total. The minimum atomic E-state index is -3.28. The highest BCUT2D eigenvalue weighted by Crippen LogP contribution is 2.11. The first-order chi connectivity index (χ1) is 13.8. The van der Waals surface area contributed by atoms with Crippen molar-refractivity contribution in [2.45, 2.75) is 32.6 Å². The van der Waals surface area contributed by atoms with Crippen LogP contribution in [0.2, 0.25) is 0 Å². The lowest BCUT2D eigenvalue weighted by molar-refractivity contribution is 0.587. The summed E-state index contributed by atoms with van der Waals surface area (Å²) >= 11 is 0.